The van der Waals surface area contributed by atoms with Crippen LogP contribution in [0.1, 0.15) is 11.4 Å². The van der Waals surface area contributed by atoms with Gasteiger partial charge in [-0.05, 0) is 42.8 Å². The highest BCUT2D eigenvalue weighted by molar-refractivity contribution is 6.30. The van der Waals surface area contributed by atoms with E-state index >= 15 is 0 Å². The van der Waals surface area contributed by atoms with Crippen molar-refractivity contribution in [3.05, 3.63) is 64.9 Å². The minimum absolute atomic E-state index is 0.172. The van der Waals surface area contributed by atoms with E-state index in [1.165, 1.54) is 0 Å². The summed E-state index contributed by atoms with van der Waals surface area (Å²) in [5.74, 6) is 1.20. The number of aromatic nitrogens is 3. The molecule has 1 aromatic heterocycles. The molecule has 0 bridgehead atoms. The molecule has 0 atom stereocenters. The number of benzene rings is 2. The molecule has 0 fully saturated rings. The van der Waals surface area contributed by atoms with Gasteiger partial charge in [0.15, 0.2) is 11.6 Å². The van der Waals surface area contributed by atoms with Gasteiger partial charge in [-0.15, -0.1) is 10.2 Å². The van der Waals surface area contributed by atoms with E-state index in [0.717, 1.165) is 16.8 Å². The molecule has 0 amide bonds. The Hall–Kier alpha value is -2.17. The molecular weight excluding hydrogens is 286 g/mol. The van der Waals surface area contributed by atoms with E-state index in [2.05, 4.69) is 10.2 Å². The Labute approximate surface area is 127 Å². The maximum Gasteiger partial charge on any atom is 0.168 e. The summed E-state index contributed by atoms with van der Waals surface area (Å²) in [7, 11) is 0. The zero-order valence-corrected chi connectivity index (χ0v) is 12.2. The predicted molar refractivity (Wildman–Crippen MR) is 82.5 cm³/mol. The lowest BCUT2D eigenvalue weighted by molar-refractivity contribution is 0.269. The quantitative estimate of drug-likeness (QED) is 0.806. The van der Waals surface area contributed by atoms with Gasteiger partial charge in [0.1, 0.15) is 6.61 Å². The number of rotatable bonds is 3. The summed E-state index contributed by atoms with van der Waals surface area (Å²) in [5, 5.41) is 18.5. The summed E-state index contributed by atoms with van der Waals surface area (Å²) in [5.41, 5.74) is 2.86. The van der Waals surface area contributed by atoms with E-state index in [1.54, 1.807) is 0 Å². The maximum atomic E-state index is 9.51. The van der Waals surface area contributed by atoms with E-state index in [9.17, 15) is 5.11 Å². The minimum atomic E-state index is -0.172. The zero-order chi connectivity index (χ0) is 14.8. The topological polar surface area (TPSA) is 50.9 Å². The summed E-state index contributed by atoms with van der Waals surface area (Å²) in [4.78, 5) is 0. The van der Waals surface area contributed by atoms with Crippen LogP contribution in [0.25, 0.3) is 17.1 Å². The number of aryl methyl sites for hydroxylation is 1. The van der Waals surface area contributed by atoms with Crippen LogP contribution in [-0.4, -0.2) is 19.9 Å². The molecule has 0 aliphatic rings. The second-order valence-corrected chi connectivity index (χ2v) is 5.16. The van der Waals surface area contributed by atoms with Crippen LogP contribution >= 0.6 is 11.6 Å². The molecule has 0 radical (unpaired) electrons. The van der Waals surface area contributed by atoms with Gasteiger partial charge < -0.3 is 5.11 Å². The van der Waals surface area contributed by atoms with Crippen molar-refractivity contribution in [1.29, 1.82) is 0 Å². The van der Waals surface area contributed by atoms with Gasteiger partial charge >= 0.3 is 0 Å². The molecule has 0 spiro atoms. The molecule has 0 saturated heterocycles. The first-order valence-electron chi connectivity index (χ1n) is 6.58. The Kier molecular flexibility index (Phi) is 3.73. The van der Waals surface area contributed by atoms with E-state index in [4.69, 9.17) is 11.6 Å². The fourth-order valence-electron chi connectivity index (χ4n) is 2.32. The molecule has 4 nitrogen and oxygen atoms in total. The molecular formula is C16H14ClN3O. The smallest absolute Gasteiger partial charge is 0.168 e. The third-order valence-electron chi connectivity index (χ3n) is 3.32. The normalized spacial score (nSPS) is 10.8. The standard InChI is InChI=1S/C16H14ClN3O/c1-11-9-12(17)7-8-14(11)16-19-18-15(10-21)20(16)13-5-3-2-4-6-13/h2-9,21H,10H2,1H3. The van der Waals surface area contributed by atoms with Crippen molar-refractivity contribution in [3.63, 3.8) is 0 Å². The van der Waals surface area contributed by atoms with E-state index in [-0.39, 0.29) is 6.61 Å². The van der Waals surface area contributed by atoms with Crippen molar-refractivity contribution in [2.24, 2.45) is 0 Å². The molecule has 0 unspecified atom stereocenters. The average molecular weight is 300 g/mol. The molecule has 3 rings (SSSR count). The maximum absolute atomic E-state index is 9.51. The van der Waals surface area contributed by atoms with Crippen LogP contribution < -0.4 is 0 Å². The number of aliphatic hydroxyl groups excluding tert-OH is 1. The largest absolute Gasteiger partial charge is 0.388 e. The highest BCUT2D eigenvalue weighted by Crippen LogP contribution is 2.27. The van der Waals surface area contributed by atoms with Crippen molar-refractivity contribution < 1.29 is 5.11 Å². The van der Waals surface area contributed by atoms with E-state index in [0.29, 0.717) is 16.7 Å². The van der Waals surface area contributed by atoms with Gasteiger partial charge in [-0.2, -0.15) is 0 Å². The predicted octanol–water partition coefficient (Wildman–Crippen LogP) is 3.39. The average Bonchev–Trinajstić information content (AvgIpc) is 2.92. The lowest BCUT2D eigenvalue weighted by Crippen LogP contribution is -2.03. The van der Waals surface area contributed by atoms with Crippen molar-refractivity contribution in [3.8, 4) is 17.1 Å². The highest BCUT2D eigenvalue weighted by atomic mass is 35.5. The first kappa shape index (κ1) is 13.8. The van der Waals surface area contributed by atoms with Crippen LogP contribution in [0.5, 0.6) is 0 Å². The number of halogens is 1. The van der Waals surface area contributed by atoms with Crippen molar-refractivity contribution in [2.75, 3.05) is 0 Å². The summed E-state index contributed by atoms with van der Waals surface area (Å²) in [6, 6.07) is 15.4. The van der Waals surface area contributed by atoms with E-state index in [1.807, 2.05) is 60.0 Å². The summed E-state index contributed by atoms with van der Waals surface area (Å²) in [6.45, 7) is 1.80. The summed E-state index contributed by atoms with van der Waals surface area (Å²) in [6.07, 6.45) is 0. The number of nitrogens with zero attached hydrogens (tertiary/aromatic N) is 3. The molecule has 5 heteroatoms. The van der Waals surface area contributed by atoms with Crippen LogP contribution in [0.3, 0.4) is 0 Å². The van der Waals surface area contributed by atoms with Crippen LogP contribution in [0.2, 0.25) is 5.02 Å². The summed E-state index contributed by atoms with van der Waals surface area (Å²) < 4.78 is 1.86. The highest BCUT2D eigenvalue weighted by Gasteiger charge is 2.16. The number of para-hydroxylation sites is 1. The number of aliphatic hydroxyl groups is 1. The second kappa shape index (κ2) is 5.68. The molecule has 106 valence electrons. The van der Waals surface area contributed by atoms with Gasteiger partial charge in [0, 0.05) is 16.3 Å². The molecule has 1 heterocycles. The van der Waals surface area contributed by atoms with Crippen molar-refractivity contribution in [1.82, 2.24) is 14.8 Å². The molecule has 0 aliphatic heterocycles. The van der Waals surface area contributed by atoms with E-state index < -0.39 is 0 Å². The molecule has 21 heavy (non-hydrogen) atoms. The third-order valence-corrected chi connectivity index (χ3v) is 3.55. The number of hydrogen-bond acceptors (Lipinski definition) is 3. The summed E-state index contributed by atoms with van der Waals surface area (Å²) >= 11 is 6.01. The molecule has 0 saturated carbocycles. The van der Waals surface area contributed by atoms with Crippen LogP contribution in [-0.2, 0) is 6.61 Å². The Morgan fingerprint density at radius 3 is 2.52 bits per heavy atom. The van der Waals surface area contributed by atoms with Crippen molar-refractivity contribution in [2.45, 2.75) is 13.5 Å². The first-order chi connectivity index (χ1) is 10.2. The lowest BCUT2D eigenvalue weighted by Gasteiger charge is -2.11. The van der Waals surface area contributed by atoms with Gasteiger partial charge in [-0.25, -0.2) is 0 Å². The van der Waals surface area contributed by atoms with Crippen molar-refractivity contribution >= 4 is 11.6 Å². The van der Waals surface area contributed by atoms with Crippen LogP contribution in [0.15, 0.2) is 48.5 Å². The SMILES string of the molecule is Cc1cc(Cl)ccc1-c1nnc(CO)n1-c1ccccc1. The Morgan fingerprint density at radius 2 is 1.86 bits per heavy atom. The van der Waals surface area contributed by atoms with Gasteiger partial charge in [0.2, 0.25) is 0 Å². The second-order valence-electron chi connectivity index (χ2n) is 4.73. The first-order valence-corrected chi connectivity index (χ1v) is 6.95. The lowest BCUT2D eigenvalue weighted by atomic mass is 10.1. The Morgan fingerprint density at radius 1 is 1.10 bits per heavy atom. The minimum Gasteiger partial charge on any atom is -0.388 e. The van der Waals surface area contributed by atoms with Gasteiger partial charge in [0.25, 0.3) is 0 Å². The molecule has 1 N–H and O–H groups in total. The van der Waals surface area contributed by atoms with Crippen LogP contribution in [0.4, 0.5) is 0 Å². The number of hydrogen-bond donors (Lipinski definition) is 1. The molecule has 0 aliphatic carbocycles. The van der Waals surface area contributed by atoms with Gasteiger partial charge in [0.05, 0.1) is 0 Å². The molecule has 3 aromatic rings. The Bertz CT molecular complexity index is 768. The fourth-order valence-corrected chi connectivity index (χ4v) is 2.55. The zero-order valence-electron chi connectivity index (χ0n) is 11.5. The molecule has 2 aromatic carbocycles. The third kappa shape index (κ3) is 2.55. The van der Waals surface area contributed by atoms with Crippen LogP contribution in [0, 0.1) is 6.92 Å². The van der Waals surface area contributed by atoms with Gasteiger partial charge in [-0.3, -0.25) is 4.57 Å². The van der Waals surface area contributed by atoms with Gasteiger partial charge in [-0.1, -0.05) is 29.8 Å². The Balaban J connectivity index is 2.22. The monoisotopic (exact) mass is 299 g/mol. The fraction of sp³-hybridized carbons (Fsp3) is 0.125.